The molecule has 0 fully saturated rings. The standard InChI is InChI=1S/C12H8N2O2/c1-2-4-10-7-11(6-5-9(10)3-1)16-12-14-13-8-15-12/h1-8H. The van der Waals surface area contributed by atoms with Crippen LogP contribution in [0.25, 0.3) is 10.8 Å². The summed E-state index contributed by atoms with van der Waals surface area (Å²) >= 11 is 0. The van der Waals surface area contributed by atoms with Crippen LogP contribution in [-0.2, 0) is 0 Å². The monoisotopic (exact) mass is 212 g/mol. The van der Waals surface area contributed by atoms with Crippen LogP contribution in [0.5, 0.6) is 11.8 Å². The first-order valence-corrected chi connectivity index (χ1v) is 4.85. The Labute approximate surface area is 91.5 Å². The van der Waals surface area contributed by atoms with Crippen LogP contribution in [0.2, 0.25) is 0 Å². The number of fused-ring (bicyclic) bond motifs is 1. The lowest BCUT2D eigenvalue weighted by Gasteiger charge is -2.01. The first-order valence-electron chi connectivity index (χ1n) is 4.85. The van der Waals surface area contributed by atoms with Gasteiger partial charge >= 0.3 is 6.08 Å². The van der Waals surface area contributed by atoms with Crippen LogP contribution in [0, 0.1) is 0 Å². The largest absolute Gasteiger partial charge is 0.420 e. The average Bonchev–Trinajstić information content (AvgIpc) is 2.82. The average molecular weight is 212 g/mol. The molecular weight excluding hydrogens is 204 g/mol. The highest BCUT2D eigenvalue weighted by molar-refractivity contribution is 5.83. The number of ether oxygens (including phenoxy) is 1. The van der Waals surface area contributed by atoms with Crippen molar-refractivity contribution in [2.75, 3.05) is 0 Å². The van der Waals surface area contributed by atoms with E-state index in [1.165, 1.54) is 11.8 Å². The molecule has 0 radical (unpaired) electrons. The van der Waals surface area contributed by atoms with Gasteiger partial charge in [0.05, 0.1) is 0 Å². The number of hydrogen-bond acceptors (Lipinski definition) is 4. The molecule has 0 spiro atoms. The van der Waals surface area contributed by atoms with E-state index in [1.54, 1.807) is 0 Å². The summed E-state index contributed by atoms with van der Waals surface area (Å²) < 4.78 is 10.3. The van der Waals surface area contributed by atoms with Crippen LogP contribution >= 0.6 is 0 Å². The minimum absolute atomic E-state index is 0.148. The minimum Gasteiger partial charge on any atom is -0.410 e. The molecule has 0 aliphatic carbocycles. The quantitative estimate of drug-likeness (QED) is 0.655. The molecule has 0 atom stereocenters. The van der Waals surface area contributed by atoms with Gasteiger partial charge in [0.1, 0.15) is 5.75 Å². The van der Waals surface area contributed by atoms with E-state index < -0.39 is 0 Å². The second kappa shape index (κ2) is 3.66. The molecule has 0 amide bonds. The second-order valence-electron chi connectivity index (χ2n) is 3.32. The van der Waals surface area contributed by atoms with Gasteiger partial charge in [-0.1, -0.05) is 35.4 Å². The molecule has 78 valence electrons. The van der Waals surface area contributed by atoms with E-state index in [9.17, 15) is 0 Å². The van der Waals surface area contributed by atoms with Crippen molar-refractivity contribution in [2.45, 2.75) is 0 Å². The Kier molecular flexibility index (Phi) is 2.04. The topological polar surface area (TPSA) is 48.2 Å². The van der Waals surface area contributed by atoms with Crippen LogP contribution in [0.4, 0.5) is 0 Å². The van der Waals surface area contributed by atoms with Crippen molar-refractivity contribution >= 4 is 10.8 Å². The van der Waals surface area contributed by atoms with Crippen LogP contribution in [0.3, 0.4) is 0 Å². The van der Waals surface area contributed by atoms with E-state index in [0.717, 1.165) is 5.39 Å². The molecule has 4 nitrogen and oxygen atoms in total. The summed E-state index contributed by atoms with van der Waals surface area (Å²) in [6.07, 6.45) is 1.38. The first kappa shape index (κ1) is 8.91. The summed E-state index contributed by atoms with van der Waals surface area (Å²) in [6, 6.07) is 13.8. The second-order valence-corrected chi connectivity index (χ2v) is 3.32. The van der Waals surface area contributed by atoms with Crippen molar-refractivity contribution in [3.05, 3.63) is 48.9 Å². The molecule has 1 heterocycles. The van der Waals surface area contributed by atoms with Gasteiger partial charge in [-0.15, -0.1) is 5.10 Å². The zero-order valence-electron chi connectivity index (χ0n) is 8.33. The van der Waals surface area contributed by atoms with E-state index in [1.807, 2.05) is 42.5 Å². The summed E-state index contributed by atoms with van der Waals surface area (Å²) in [7, 11) is 0. The molecule has 0 N–H and O–H groups in total. The van der Waals surface area contributed by atoms with Gasteiger partial charge in [0.25, 0.3) is 0 Å². The Morgan fingerprint density at radius 2 is 1.88 bits per heavy atom. The van der Waals surface area contributed by atoms with E-state index in [0.29, 0.717) is 5.75 Å². The van der Waals surface area contributed by atoms with Gasteiger partial charge in [0.2, 0.25) is 6.39 Å². The number of hydrogen-bond donors (Lipinski definition) is 0. The van der Waals surface area contributed by atoms with Gasteiger partial charge in [0.15, 0.2) is 0 Å². The lowest BCUT2D eigenvalue weighted by atomic mass is 10.1. The predicted octanol–water partition coefficient (Wildman–Crippen LogP) is 3.02. The number of benzene rings is 2. The summed E-state index contributed by atoms with van der Waals surface area (Å²) in [5.41, 5.74) is 0. The van der Waals surface area contributed by atoms with Crippen LogP contribution in [0.1, 0.15) is 0 Å². The van der Waals surface area contributed by atoms with Crippen molar-refractivity contribution in [3.8, 4) is 11.8 Å². The smallest absolute Gasteiger partial charge is 0.410 e. The predicted molar refractivity (Wildman–Crippen MR) is 58.3 cm³/mol. The molecule has 16 heavy (non-hydrogen) atoms. The Balaban J connectivity index is 1.99. The van der Waals surface area contributed by atoms with Crippen LogP contribution < -0.4 is 4.74 Å². The van der Waals surface area contributed by atoms with Crippen molar-refractivity contribution in [2.24, 2.45) is 0 Å². The number of aromatic nitrogens is 2. The Morgan fingerprint density at radius 1 is 1.00 bits per heavy atom. The van der Waals surface area contributed by atoms with Crippen molar-refractivity contribution < 1.29 is 9.15 Å². The highest BCUT2D eigenvalue weighted by atomic mass is 16.6. The van der Waals surface area contributed by atoms with E-state index >= 15 is 0 Å². The van der Waals surface area contributed by atoms with Gasteiger partial charge in [0, 0.05) is 0 Å². The maximum absolute atomic E-state index is 5.39. The lowest BCUT2D eigenvalue weighted by Crippen LogP contribution is -1.84. The first-order chi connectivity index (χ1) is 7.92. The van der Waals surface area contributed by atoms with E-state index in [2.05, 4.69) is 10.2 Å². The minimum atomic E-state index is 0.148. The highest BCUT2D eigenvalue weighted by Crippen LogP contribution is 2.23. The molecule has 0 saturated carbocycles. The maximum Gasteiger partial charge on any atom is 0.420 e. The molecule has 4 heteroatoms. The van der Waals surface area contributed by atoms with Gasteiger partial charge in [-0.3, -0.25) is 0 Å². The molecule has 0 bridgehead atoms. The third-order valence-corrected chi connectivity index (χ3v) is 2.27. The van der Waals surface area contributed by atoms with Crippen molar-refractivity contribution in [3.63, 3.8) is 0 Å². The molecule has 1 aromatic heterocycles. The Hall–Kier alpha value is -2.36. The molecule has 2 aromatic carbocycles. The zero-order valence-corrected chi connectivity index (χ0v) is 8.33. The summed E-state index contributed by atoms with van der Waals surface area (Å²) in [6.45, 7) is 0. The van der Waals surface area contributed by atoms with Gasteiger partial charge < -0.3 is 9.15 Å². The van der Waals surface area contributed by atoms with E-state index in [4.69, 9.17) is 9.15 Å². The van der Waals surface area contributed by atoms with E-state index in [-0.39, 0.29) is 6.08 Å². The molecular formula is C12H8N2O2. The molecule has 0 aliphatic rings. The molecule has 0 aliphatic heterocycles. The summed E-state index contributed by atoms with van der Waals surface area (Å²) in [5, 5.41) is 9.47. The summed E-state index contributed by atoms with van der Waals surface area (Å²) in [5.74, 6) is 0.683. The number of nitrogens with zero attached hydrogens (tertiary/aromatic N) is 2. The summed E-state index contributed by atoms with van der Waals surface area (Å²) in [4.78, 5) is 0. The Bertz CT molecular complexity index is 605. The van der Waals surface area contributed by atoms with Crippen LogP contribution in [0.15, 0.2) is 53.3 Å². The molecule has 0 saturated heterocycles. The fourth-order valence-electron chi connectivity index (χ4n) is 1.54. The normalized spacial score (nSPS) is 10.5. The molecule has 3 aromatic rings. The molecule has 0 unspecified atom stereocenters. The highest BCUT2D eigenvalue weighted by Gasteiger charge is 2.02. The molecule has 3 rings (SSSR count). The van der Waals surface area contributed by atoms with Gasteiger partial charge in [-0.25, -0.2) is 0 Å². The maximum atomic E-state index is 5.39. The third kappa shape index (κ3) is 1.61. The SMILES string of the molecule is c1ccc2cc(Oc3nnco3)ccc2c1. The fraction of sp³-hybridized carbons (Fsp3) is 0. The van der Waals surface area contributed by atoms with Crippen molar-refractivity contribution in [1.82, 2.24) is 10.2 Å². The zero-order chi connectivity index (χ0) is 10.8. The number of rotatable bonds is 2. The fourth-order valence-corrected chi connectivity index (χ4v) is 1.54. The Morgan fingerprint density at radius 3 is 2.69 bits per heavy atom. The van der Waals surface area contributed by atoms with Gasteiger partial charge in [-0.05, 0) is 22.9 Å². The van der Waals surface area contributed by atoms with Crippen LogP contribution in [-0.4, -0.2) is 10.2 Å². The van der Waals surface area contributed by atoms with Crippen molar-refractivity contribution in [1.29, 1.82) is 0 Å². The van der Waals surface area contributed by atoms with Gasteiger partial charge in [-0.2, -0.15) is 0 Å². The third-order valence-electron chi connectivity index (χ3n) is 2.27. The lowest BCUT2D eigenvalue weighted by molar-refractivity contribution is 0.331.